The van der Waals surface area contributed by atoms with Gasteiger partial charge < -0.3 is 5.32 Å². The van der Waals surface area contributed by atoms with E-state index in [0.29, 0.717) is 5.56 Å². The summed E-state index contributed by atoms with van der Waals surface area (Å²) in [7, 11) is 1.63. The smallest absolute Gasteiger partial charge is 0.251 e. The molecule has 0 saturated carbocycles. The Morgan fingerprint density at radius 2 is 1.40 bits per heavy atom. The first kappa shape index (κ1) is 16.1. The molecule has 86 valence electrons. The number of carbonyl (C=O) groups excluding carboxylic acids is 1. The topological polar surface area (TPSA) is 29.1 Å². The molecule has 1 N–H and O–H groups in total. The Labute approximate surface area is 93.7 Å². The molecular weight excluding hydrogens is 186 g/mol. The summed E-state index contributed by atoms with van der Waals surface area (Å²) < 4.78 is 0. The molecule has 0 atom stereocenters. The maximum Gasteiger partial charge on any atom is 0.251 e. The molecule has 0 aromatic heterocycles. The average Bonchev–Trinajstić information content (AvgIpc) is 2.34. The van der Waals surface area contributed by atoms with E-state index in [4.69, 9.17) is 0 Å². The van der Waals surface area contributed by atoms with Gasteiger partial charge in [-0.25, -0.2) is 0 Å². The van der Waals surface area contributed by atoms with Gasteiger partial charge in [-0.05, 0) is 19.1 Å². The second kappa shape index (κ2) is 10.8. The fraction of sp³-hybridized carbons (Fsp3) is 0.462. The first-order valence-corrected chi connectivity index (χ1v) is 5.53. The lowest BCUT2D eigenvalue weighted by Gasteiger charge is -1.98. The van der Waals surface area contributed by atoms with Crippen molar-refractivity contribution < 1.29 is 4.79 Å². The molecule has 0 aliphatic rings. The van der Waals surface area contributed by atoms with Crippen LogP contribution in [0.3, 0.4) is 0 Å². The minimum absolute atomic E-state index is 0.0370. The van der Waals surface area contributed by atoms with Gasteiger partial charge in [0.1, 0.15) is 0 Å². The third-order valence-corrected chi connectivity index (χ3v) is 1.54. The number of aryl methyl sites for hydroxylation is 1. The van der Waals surface area contributed by atoms with Crippen molar-refractivity contribution in [3.05, 3.63) is 35.4 Å². The minimum atomic E-state index is -0.0370. The van der Waals surface area contributed by atoms with E-state index in [1.54, 1.807) is 7.05 Å². The van der Waals surface area contributed by atoms with Crippen molar-refractivity contribution in [2.45, 2.75) is 34.6 Å². The van der Waals surface area contributed by atoms with Gasteiger partial charge in [0.2, 0.25) is 0 Å². The number of benzene rings is 1. The molecule has 1 amide bonds. The highest BCUT2D eigenvalue weighted by Gasteiger charge is 1.99. The molecule has 0 fully saturated rings. The molecule has 1 rings (SSSR count). The molecule has 0 radical (unpaired) electrons. The summed E-state index contributed by atoms with van der Waals surface area (Å²) >= 11 is 0. The van der Waals surface area contributed by atoms with Crippen LogP contribution >= 0.6 is 0 Å². The first-order valence-electron chi connectivity index (χ1n) is 5.53. The van der Waals surface area contributed by atoms with Gasteiger partial charge in [-0.2, -0.15) is 0 Å². The van der Waals surface area contributed by atoms with Crippen molar-refractivity contribution in [3.8, 4) is 0 Å². The monoisotopic (exact) mass is 209 g/mol. The van der Waals surface area contributed by atoms with Crippen molar-refractivity contribution >= 4 is 5.91 Å². The van der Waals surface area contributed by atoms with Gasteiger partial charge in [0, 0.05) is 12.6 Å². The second-order valence-corrected chi connectivity index (χ2v) is 2.45. The number of carbonyl (C=O) groups is 1. The Morgan fingerprint density at radius 3 is 1.73 bits per heavy atom. The van der Waals surface area contributed by atoms with Crippen LogP contribution in [0, 0.1) is 6.92 Å². The van der Waals surface area contributed by atoms with Gasteiger partial charge in [-0.1, -0.05) is 45.4 Å². The van der Waals surface area contributed by atoms with E-state index in [-0.39, 0.29) is 5.91 Å². The maximum atomic E-state index is 11.0. The molecule has 2 heteroatoms. The lowest BCUT2D eigenvalue weighted by molar-refractivity contribution is 0.0963. The fourth-order valence-corrected chi connectivity index (χ4v) is 0.849. The Kier molecular flexibility index (Phi) is 11.6. The molecule has 0 aliphatic heterocycles. The molecule has 0 saturated heterocycles. The summed E-state index contributed by atoms with van der Waals surface area (Å²) in [5.74, 6) is -0.0370. The van der Waals surface area contributed by atoms with E-state index in [1.807, 2.05) is 58.9 Å². The normalized spacial score (nSPS) is 7.60. The van der Waals surface area contributed by atoms with Crippen LogP contribution in [0.4, 0.5) is 0 Å². The Balaban J connectivity index is 0. The lowest BCUT2D eigenvalue weighted by atomic mass is 10.1. The third kappa shape index (κ3) is 6.72. The zero-order chi connectivity index (χ0) is 12.3. The molecule has 1 aromatic carbocycles. The van der Waals surface area contributed by atoms with Gasteiger partial charge in [0.05, 0.1) is 0 Å². The largest absolute Gasteiger partial charge is 0.355 e. The Hall–Kier alpha value is -1.31. The average molecular weight is 209 g/mol. The molecule has 0 spiro atoms. The first-order chi connectivity index (χ1) is 7.24. The van der Waals surface area contributed by atoms with Crippen molar-refractivity contribution in [1.82, 2.24) is 5.32 Å². The van der Waals surface area contributed by atoms with Crippen molar-refractivity contribution in [3.63, 3.8) is 0 Å². The summed E-state index contributed by atoms with van der Waals surface area (Å²) in [6.07, 6.45) is 0. The standard InChI is InChI=1S/C9H11NO.2C2H6/c1-7-3-5-8(6-4-7)9(11)10-2;2*1-2/h3-6H,1-2H3,(H,10,11);2*1-2H3. The van der Waals surface area contributed by atoms with Crippen LogP contribution in [0.5, 0.6) is 0 Å². The predicted molar refractivity (Wildman–Crippen MR) is 67.3 cm³/mol. The van der Waals surface area contributed by atoms with Gasteiger partial charge in [-0.15, -0.1) is 0 Å². The summed E-state index contributed by atoms with van der Waals surface area (Å²) in [5.41, 5.74) is 1.87. The van der Waals surface area contributed by atoms with E-state index >= 15 is 0 Å². The fourth-order valence-electron chi connectivity index (χ4n) is 0.849. The lowest BCUT2D eigenvalue weighted by Crippen LogP contribution is -2.17. The summed E-state index contributed by atoms with van der Waals surface area (Å²) in [6, 6.07) is 7.47. The molecule has 15 heavy (non-hydrogen) atoms. The number of rotatable bonds is 1. The molecular formula is C13H23NO. The van der Waals surface area contributed by atoms with E-state index in [2.05, 4.69) is 5.32 Å². The van der Waals surface area contributed by atoms with Crippen LogP contribution in [0.25, 0.3) is 0 Å². The van der Waals surface area contributed by atoms with Gasteiger partial charge in [0.15, 0.2) is 0 Å². The molecule has 0 heterocycles. The molecule has 0 unspecified atom stereocenters. The highest BCUT2D eigenvalue weighted by atomic mass is 16.1. The van der Waals surface area contributed by atoms with E-state index in [1.165, 1.54) is 0 Å². The highest BCUT2D eigenvalue weighted by Crippen LogP contribution is 2.01. The zero-order valence-electron chi connectivity index (χ0n) is 10.7. The van der Waals surface area contributed by atoms with Crippen LogP contribution in [0.15, 0.2) is 24.3 Å². The maximum absolute atomic E-state index is 11.0. The number of hydrogen-bond acceptors (Lipinski definition) is 1. The van der Waals surface area contributed by atoms with Crippen molar-refractivity contribution in [2.24, 2.45) is 0 Å². The molecule has 2 nitrogen and oxygen atoms in total. The van der Waals surface area contributed by atoms with E-state index in [9.17, 15) is 4.79 Å². The van der Waals surface area contributed by atoms with Gasteiger partial charge in [-0.3, -0.25) is 4.79 Å². The summed E-state index contributed by atoms with van der Waals surface area (Å²) in [6.45, 7) is 9.99. The molecule has 0 bridgehead atoms. The Morgan fingerprint density at radius 1 is 1.00 bits per heavy atom. The highest BCUT2D eigenvalue weighted by molar-refractivity contribution is 5.93. The zero-order valence-corrected chi connectivity index (χ0v) is 10.7. The van der Waals surface area contributed by atoms with Crippen LogP contribution in [0.1, 0.15) is 43.6 Å². The van der Waals surface area contributed by atoms with Crippen LogP contribution in [-0.4, -0.2) is 13.0 Å². The quantitative estimate of drug-likeness (QED) is 0.754. The van der Waals surface area contributed by atoms with E-state index in [0.717, 1.165) is 5.56 Å². The predicted octanol–water partition coefficient (Wildman–Crippen LogP) is 3.41. The minimum Gasteiger partial charge on any atom is -0.355 e. The van der Waals surface area contributed by atoms with Crippen LogP contribution < -0.4 is 5.32 Å². The van der Waals surface area contributed by atoms with Crippen LogP contribution in [-0.2, 0) is 0 Å². The van der Waals surface area contributed by atoms with Gasteiger partial charge >= 0.3 is 0 Å². The second-order valence-electron chi connectivity index (χ2n) is 2.45. The van der Waals surface area contributed by atoms with E-state index < -0.39 is 0 Å². The summed E-state index contributed by atoms with van der Waals surface area (Å²) in [5, 5.41) is 2.56. The molecule has 0 aliphatic carbocycles. The number of nitrogens with one attached hydrogen (secondary N) is 1. The van der Waals surface area contributed by atoms with Gasteiger partial charge in [0.25, 0.3) is 5.91 Å². The number of hydrogen-bond donors (Lipinski definition) is 1. The molecule has 1 aromatic rings. The Bertz CT molecular complexity index is 252. The number of amides is 1. The van der Waals surface area contributed by atoms with Crippen molar-refractivity contribution in [2.75, 3.05) is 7.05 Å². The summed E-state index contributed by atoms with van der Waals surface area (Å²) in [4.78, 5) is 11.0. The van der Waals surface area contributed by atoms with Crippen molar-refractivity contribution in [1.29, 1.82) is 0 Å². The third-order valence-electron chi connectivity index (χ3n) is 1.54. The van der Waals surface area contributed by atoms with Crippen LogP contribution in [0.2, 0.25) is 0 Å². The SMILES string of the molecule is CC.CC.CNC(=O)c1ccc(C)cc1.